The van der Waals surface area contributed by atoms with E-state index in [0.29, 0.717) is 26.2 Å². The maximum absolute atomic E-state index is 11.0. The molecule has 0 aromatic heterocycles. The second-order valence-electron chi connectivity index (χ2n) is 4.52. The monoisotopic (exact) mass is 245 g/mol. The summed E-state index contributed by atoms with van der Waals surface area (Å²) in [6.45, 7) is 9.80. The molecule has 0 aliphatic rings. The fourth-order valence-electron chi connectivity index (χ4n) is 1.25. The first-order valence-corrected chi connectivity index (χ1v) is 6.60. The lowest BCUT2D eigenvalue weighted by atomic mass is 10.1. The van der Waals surface area contributed by atoms with Crippen molar-refractivity contribution in [1.29, 1.82) is 0 Å². The molecule has 0 radical (unpaired) electrons. The number of hydrogen-bond acceptors (Lipinski definition) is 4. The molecule has 0 saturated heterocycles. The Bertz CT molecular complexity index is 184. The number of carbonyl (C=O) groups excluding carboxylic acids is 1. The molecule has 0 saturated carbocycles. The Hall–Kier alpha value is -0.610. The van der Waals surface area contributed by atoms with Crippen LogP contribution in [0, 0.1) is 5.92 Å². The number of esters is 1. The Balaban J connectivity index is 3.06. The van der Waals surface area contributed by atoms with Gasteiger partial charge in [0.25, 0.3) is 0 Å². The van der Waals surface area contributed by atoms with Crippen LogP contribution in [0.3, 0.4) is 0 Å². The van der Waals surface area contributed by atoms with Crippen LogP contribution >= 0.6 is 0 Å². The highest BCUT2D eigenvalue weighted by atomic mass is 16.6. The van der Waals surface area contributed by atoms with E-state index in [-0.39, 0.29) is 5.97 Å². The number of hydrogen-bond donors (Lipinski definition) is 1. The molecule has 0 aliphatic heterocycles. The lowest BCUT2D eigenvalue weighted by molar-refractivity contribution is -0.145. The van der Waals surface area contributed by atoms with Gasteiger partial charge in [-0.2, -0.15) is 0 Å². The van der Waals surface area contributed by atoms with E-state index in [9.17, 15) is 4.79 Å². The third-order valence-corrected chi connectivity index (χ3v) is 2.27. The van der Waals surface area contributed by atoms with Crippen LogP contribution in [0.15, 0.2) is 0 Å². The maximum Gasteiger partial charge on any atom is 0.305 e. The molecule has 0 atom stereocenters. The third kappa shape index (κ3) is 13.3. The van der Waals surface area contributed by atoms with Gasteiger partial charge in [-0.25, -0.2) is 0 Å². The van der Waals surface area contributed by atoms with Crippen molar-refractivity contribution < 1.29 is 14.3 Å². The van der Waals surface area contributed by atoms with Crippen LogP contribution in [0.5, 0.6) is 0 Å². The summed E-state index contributed by atoms with van der Waals surface area (Å²) in [5, 5.41) is 3.30. The molecule has 0 aliphatic carbocycles. The summed E-state index contributed by atoms with van der Waals surface area (Å²) in [7, 11) is 0. The lowest BCUT2D eigenvalue weighted by Gasteiger charge is -2.08. The molecule has 0 aromatic carbocycles. The molecule has 102 valence electrons. The SMILES string of the molecule is CCCC(=O)OCCOCCNCCC(C)C. The van der Waals surface area contributed by atoms with Crippen molar-refractivity contribution in [1.82, 2.24) is 5.32 Å². The van der Waals surface area contributed by atoms with Crippen molar-refractivity contribution in [3.8, 4) is 0 Å². The summed E-state index contributed by atoms with van der Waals surface area (Å²) in [5.41, 5.74) is 0. The minimum Gasteiger partial charge on any atom is -0.463 e. The van der Waals surface area contributed by atoms with Gasteiger partial charge in [0.05, 0.1) is 13.2 Å². The fraction of sp³-hybridized carbons (Fsp3) is 0.923. The number of carbonyl (C=O) groups is 1. The maximum atomic E-state index is 11.0. The van der Waals surface area contributed by atoms with Crippen molar-refractivity contribution in [3.05, 3.63) is 0 Å². The topological polar surface area (TPSA) is 47.6 Å². The van der Waals surface area contributed by atoms with Gasteiger partial charge in [0.1, 0.15) is 6.61 Å². The molecule has 4 nitrogen and oxygen atoms in total. The van der Waals surface area contributed by atoms with Crippen molar-refractivity contribution in [2.75, 3.05) is 32.9 Å². The van der Waals surface area contributed by atoms with E-state index in [2.05, 4.69) is 19.2 Å². The molecule has 4 heteroatoms. The van der Waals surface area contributed by atoms with Gasteiger partial charge in [-0.3, -0.25) is 4.79 Å². The van der Waals surface area contributed by atoms with E-state index in [0.717, 1.165) is 25.4 Å². The zero-order valence-electron chi connectivity index (χ0n) is 11.5. The first-order chi connectivity index (χ1) is 8.16. The van der Waals surface area contributed by atoms with Crippen LogP contribution in [0.4, 0.5) is 0 Å². The Kier molecular flexibility index (Phi) is 11.4. The Morgan fingerprint density at radius 2 is 1.94 bits per heavy atom. The first kappa shape index (κ1) is 16.4. The molecule has 1 N–H and O–H groups in total. The van der Waals surface area contributed by atoms with Gasteiger partial charge in [-0.15, -0.1) is 0 Å². The second kappa shape index (κ2) is 11.9. The molecule has 0 heterocycles. The summed E-state index contributed by atoms with van der Waals surface area (Å²) in [6, 6.07) is 0. The van der Waals surface area contributed by atoms with E-state index in [1.54, 1.807) is 0 Å². The first-order valence-electron chi connectivity index (χ1n) is 6.60. The summed E-state index contributed by atoms with van der Waals surface area (Å²) in [6.07, 6.45) is 2.52. The highest BCUT2D eigenvalue weighted by molar-refractivity contribution is 5.69. The molecule has 0 aromatic rings. The Morgan fingerprint density at radius 3 is 2.59 bits per heavy atom. The Labute approximate surface area is 105 Å². The van der Waals surface area contributed by atoms with E-state index >= 15 is 0 Å². The summed E-state index contributed by atoms with van der Waals surface area (Å²) in [4.78, 5) is 11.0. The van der Waals surface area contributed by atoms with Crippen molar-refractivity contribution >= 4 is 5.97 Å². The van der Waals surface area contributed by atoms with Crippen LogP contribution in [0.1, 0.15) is 40.0 Å². The van der Waals surface area contributed by atoms with Gasteiger partial charge in [0, 0.05) is 13.0 Å². The van der Waals surface area contributed by atoms with Crippen LogP contribution in [0.25, 0.3) is 0 Å². The quantitative estimate of drug-likeness (QED) is 0.447. The van der Waals surface area contributed by atoms with Crippen LogP contribution < -0.4 is 5.32 Å². The van der Waals surface area contributed by atoms with E-state index in [1.807, 2.05) is 6.92 Å². The zero-order chi connectivity index (χ0) is 12.9. The summed E-state index contributed by atoms with van der Waals surface area (Å²) in [5.74, 6) is 0.604. The Morgan fingerprint density at radius 1 is 1.18 bits per heavy atom. The van der Waals surface area contributed by atoms with Gasteiger partial charge in [-0.1, -0.05) is 20.8 Å². The molecule has 0 bridgehead atoms. The molecule has 0 unspecified atom stereocenters. The fourth-order valence-corrected chi connectivity index (χ4v) is 1.25. The lowest BCUT2D eigenvalue weighted by Crippen LogP contribution is -2.22. The van der Waals surface area contributed by atoms with Crippen LogP contribution in [0.2, 0.25) is 0 Å². The number of ether oxygens (including phenoxy) is 2. The molecule has 0 spiro atoms. The molecule has 17 heavy (non-hydrogen) atoms. The average Bonchev–Trinajstić information content (AvgIpc) is 2.27. The van der Waals surface area contributed by atoms with Crippen LogP contribution in [-0.2, 0) is 14.3 Å². The number of rotatable bonds is 11. The largest absolute Gasteiger partial charge is 0.463 e. The van der Waals surface area contributed by atoms with E-state index in [1.165, 1.54) is 6.42 Å². The predicted octanol–water partition coefficient (Wildman–Crippen LogP) is 1.98. The van der Waals surface area contributed by atoms with Gasteiger partial charge in [0.15, 0.2) is 0 Å². The molecule has 0 fully saturated rings. The summed E-state index contributed by atoms with van der Waals surface area (Å²) >= 11 is 0. The van der Waals surface area contributed by atoms with Gasteiger partial charge < -0.3 is 14.8 Å². The standard InChI is InChI=1S/C13H27NO3/c1-4-5-13(15)17-11-10-16-9-8-14-7-6-12(2)3/h12,14H,4-11H2,1-3H3. The summed E-state index contributed by atoms with van der Waals surface area (Å²) < 4.78 is 10.3. The van der Waals surface area contributed by atoms with Crippen molar-refractivity contribution in [2.24, 2.45) is 5.92 Å². The molecular weight excluding hydrogens is 218 g/mol. The van der Waals surface area contributed by atoms with Gasteiger partial charge in [0.2, 0.25) is 0 Å². The van der Waals surface area contributed by atoms with Gasteiger partial charge in [-0.05, 0) is 25.3 Å². The highest BCUT2D eigenvalue weighted by Crippen LogP contribution is 1.95. The van der Waals surface area contributed by atoms with Crippen molar-refractivity contribution in [3.63, 3.8) is 0 Å². The van der Waals surface area contributed by atoms with E-state index in [4.69, 9.17) is 9.47 Å². The molecule has 0 rings (SSSR count). The minimum absolute atomic E-state index is 0.133. The number of nitrogens with one attached hydrogen (secondary N) is 1. The smallest absolute Gasteiger partial charge is 0.305 e. The van der Waals surface area contributed by atoms with Gasteiger partial charge >= 0.3 is 5.97 Å². The predicted molar refractivity (Wildman–Crippen MR) is 69.0 cm³/mol. The van der Waals surface area contributed by atoms with Crippen LogP contribution in [-0.4, -0.2) is 38.9 Å². The normalized spacial score (nSPS) is 10.8. The zero-order valence-corrected chi connectivity index (χ0v) is 11.5. The highest BCUT2D eigenvalue weighted by Gasteiger charge is 1.99. The molecule has 0 amide bonds. The van der Waals surface area contributed by atoms with E-state index < -0.39 is 0 Å². The third-order valence-electron chi connectivity index (χ3n) is 2.27. The molecular formula is C13H27NO3. The van der Waals surface area contributed by atoms with Crippen molar-refractivity contribution in [2.45, 2.75) is 40.0 Å². The minimum atomic E-state index is -0.133. The average molecular weight is 245 g/mol. The second-order valence-corrected chi connectivity index (χ2v) is 4.52.